The summed E-state index contributed by atoms with van der Waals surface area (Å²) in [5.41, 5.74) is -1.24. The van der Waals surface area contributed by atoms with Crippen LogP contribution in [0.5, 0.6) is 0 Å². The lowest BCUT2D eigenvalue weighted by atomic mass is 10.4. The Labute approximate surface area is 124 Å². The Kier molecular flexibility index (Phi) is 3.26. The lowest BCUT2D eigenvalue weighted by Gasteiger charge is -2.17. The number of nitrogens with zero attached hydrogens (tertiary/aromatic N) is 2. The summed E-state index contributed by atoms with van der Waals surface area (Å²) >= 11 is 0. The number of fused-ring (bicyclic) bond motifs is 1. The third-order valence-electron chi connectivity index (χ3n) is 3.09. The highest BCUT2D eigenvalue weighted by Crippen LogP contribution is 2.29. The van der Waals surface area contributed by atoms with Gasteiger partial charge < -0.3 is 4.90 Å². The van der Waals surface area contributed by atoms with Crippen LogP contribution in [0, 0.1) is 0 Å². The molecule has 9 nitrogen and oxygen atoms in total. The van der Waals surface area contributed by atoms with Gasteiger partial charge in [0.2, 0.25) is 0 Å². The Hall–Kier alpha value is -2.59. The maximum absolute atomic E-state index is 12.2. The molecule has 0 aliphatic carbocycles. The first-order valence-electron chi connectivity index (χ1n) is 6.23. The van der Waals surface area contributed by atoms with Crippen molar-refractivity contribution in [3.8, 4) is 0 Å². The molecule has 0 fully saturated rings. The first kappa shape index (κ1) is 14.4. The minimum absolute atomic E-state index is 0.00393. The Morgan fingerprint density at radius 2 is 1.82 bits per heavy atom. The van der Waals surface area contributed by atoms with Gasteiger partial charge in [-0.15, -0.1) is 4.28 Å². The molecule has 2 N–H and O–H groups in total. The van der Waals surface area contributed by atoms with Crippen LogP contribution in [0.3, 0.4) is 0 Å². The molecule has 10 heteroatoms. The molecule has 0 spiro atoms. The molecule has 0 saturated carbocycles. The smallest absolute Gasteiger partial charge is 0.327 e. The van der Waals surface area contributed by atoms with Crippen molar-refractivity contribution < 1.29 is 12.7 Å². The van der Waals surface area contributed by atoms with E-state index in [9.17, 15) is 18.0 Å². The summed E-state index contributed by atoms with van der Waals surface area (Å²) in [6.45, 7) is -0.0234. The summed E-state index contributed by atoms with van der Waals surface area (Å²) in [6.07, 6.45) is 0. The number of hydroxylamine groups is 1. The third kappa shape index (κ3) is 2.38. The van der Waals surface area contributed by atoms with E-state index in [4.69, 9.17) is 4.28 Å². The van der Waals surface area contributed by atoms with E-state index in [1.54, 1.807) is 25.2 Å². The Balaban J connectivity index is 2.00. The lowest BCUT2D eigenvalue weighted by Crippen LogP contribution is -2.31. The number of aromatic nitrogens is 2. The molecular weight excluding hydrogens is 312 g/mol. The van der Waals surface area contributed by atoms with Gasteiger partial charge in [0.15, 0.2) is 5.82 Å². The number of hydrogen-bond donors (Lipinski definition) is 2. The van der Waals surface area contributed by atoms with E-state index >= 15 is 0 Å². The van der Waals surface area contributed by atoms with Crippen molar-refractivity contribution in [3.63, 3.8) is 0 Å². The van der Waals surface area contributed by atoms with E-state index in [0.717, 1.165) is 5.06 Å². The molecule has 0 amide bonds. The van der Waals surface area contributed by atoms with Crippen molar-refractivity contribution in [2.45, 2.75) is 4.90 Å². The summed E-state index contributed by atoms with van der Waals surface area (Å²) in [5, 5.41) is 0.953. The number of anilines is 2. The highest BCUT2D eigenvalue weighted by Gasteiger charge is 2.32. The van der Waals surface area contributed by atoms with Gasteiger partial charge >= 0.3 is 15.8 Å². The number of rotatable bonds is 3. The van der Waals surface area contributed by atoms with Crippen molar-refractivity contribution in [2.75, 3.05) is 23.7 Å². The minimum Gasteiger partial charge on any atom is -0.347 e. The fraction of sp³-hybridized carbons (Fsp3) is 0.167. The SMILES string of the molecule is CN1CN(OS(=O)(=O)c2ccccc2)c2[nH]c(=O)[nH]c(=O)c21. The van der Waals surface area contributed by atoms with Crippen LogP contribution in [0.2, 0.25) is 0 Å². The summed E-state index contributed by atoms with van der Waals surface area (Å²) in [4.78, 5) is 29.0. The number of hydrogen-bond acceptors (Lipinski definition) is 7. The predicted octanol–water partition coefficient (Wildman–Crippen LogP) is -0.403. The maximum Gasteiger partial charge on any atom is 0.327 e. The Bertz CT molecular complexity index is 919. The number of aromatic amines is 2. The van der Waals surface area contributed by atoms with Crippen molar-refractivity contribution in [1.82, 2.24) is 9.97 Å². The lowest BCUT2D eigenvalue weighted by molar-refractivity contribution is 0.288. The molecule has 22 heavy (non-hydrogen) atoms. The van der Waals surface area contributed by atoms with E-state index in [-0.39, 0.29) is 23.1 Å². The first-order chi connectivity index (χ1) is 10.4. The normalized spacial score (nSPS) is 14.2. The molecule has 1 aliphatic rings. The van der Waals surface area contributed by atoms with Crippen molar-refractivity contribution in [1.29, 1.82) is 0 Å². The van der Waals surface area contributed by atoms with Crippen LogP contribution in [0.4, 0.5) is 11.5 Å². The molecule has 2 aromatic rings. The number of H-pyrrole nitrogens is 2. The third-order valence-corrected chi connectivity index (χ3v) is 4.32. The largest absolute Gasteiger partial charge is 0.347 e. The molecular formula is C12H12N4O5S. The van der Waals surface area contributed by atoms with Crippen molar-refractivity contribution >= 4 is 21.6 Å². The average Bonchev–Trinajstić information content (AvgIpc) is 2.75. The standard InChI is InChI=1S/C12H12N4O5S/c1-15-7-16(10-9(15)11(17)14-12(18)13-10)21-22(19,20)8-5-3-2-4-6-8/h2-6H,7H2,1H3,(H2,13,14,17,18). The van der Waals surface area contributed by atoms with E-state index in [0.29, 0.717) is 0 Å². The van der Waals surface area contributed by atoms with E-state index in [1.165, 1.54) is 17.0 Å². The first-order valence-corrected chi connectivity index (χ1v) is 7.64. The highest BCUT2D eigenvalue weighted by atomic mass is 32.2. The summed E-state index contributed by atoms with van der Waals surface area (Å²) in [6, 6.07) is 7.57. The van der Waals surface area contributed by atoms with Gasteiger partial charge in [0, 0.05) is 7.05 Å². The molecule has 0 saturated heterocycles. The minimum atomic E-state index is -4.07. The van der Waals surface area contributed by atoms with Gasteiger partial charge in [-0.2, -0.15) is 13.5 Å². The molecule has 0 unspecified atom stereocenters. The molecule has 0 radical (unpaired) electrons. The van der Waals surface area contributed by atoms with Gasteiger partial charge in [0.05, 0.1) is 4.90 Å². The predicted molar refractivity (Wildman–Crippen MR) is 78.1 cm³/mol. The highest BCUT2D eigenvalue weighted by molar-refractivity contribution is 7.86. The van der Waals surface area contributed by atoms with Crippen LogP contribution in [0.15, 0.2) is 44.8 Å². The molecule has 1 aromatic carbocycles. The van der Waals surface area contributed by atoms with Crippen LogP contribution in [-0.2, 0) is 14.4 Å². The Morgan fingerprint density at radius 1 is 1.14 bits per heavy atom. The summed E-state index contributed by atoms with van der Waals surface area (Å²) < 4.78 is 29.5. The monoisotopic (exact) mass is 324 g/mol. The second-order valence-electron chi connectivity index (χ2n) is 4.67. The maximum atomic E-state index is 12.2. The average molecular weight is 324 g/mol. The zero-order valence-corrected chi connectivity index (χ0v) is 12.3. The molecule has 2 heterocycles. The van der Waals surface area contributed by atoms with Crippen molar-refractivity contribution in [3.05, 3.63) is 51.2 Å². The number of nitrogens with one attached hydrogen (secondary N) is 2. The number of benzene rings is 1. The van der Waals surface area contributed by atoms with Gasteiger partial charge in [-0.25, -0.2) is 4.79 Å². The van der Waals surface area contributed by atoms with E-state index in [1.807, 2.05) is 0 Å². The van der Waals surface area contributed by atoms with Crippen LogP contribution in [0.25, 0.3) is 0 Å². The molecule has 0 atom stereocenters. The van der Waals surface area contributed by atoms with Gasteiger partial charge in [0.25, 0.3) is 5.56 Å². The second-order valence-corrected chi connectivity index (χ2v) is 6.19. The zero-order chi connectivity index (χ0) is 15.9. The van der Waals surface area contributed by atoms with Crippen LogP contribution >= 0.6 is 0 Å². The van der Waals surface area contributed by atoms with Gasteiger partial charge in [-0.3, -0.25) is 14.8 Å². The molecule has 3 rings (SSSR count). The van der Waals surface area contributed by atoms with Gasteiger partial charge in [-0.05, 0) is 12.1 Å². The molecule has 116 valence electrons. The topological polar surface area (TPSA) is 116 Å². The van der Waals surface area contributed by atoms with Crippen LogP contribution in [-0.4, -0.2) is 32.1 Å². The molecule has 1 aliphatic heterocycles. The van der Waals surface area contributed by atoms with Crippen LogP contribution in [0.1, 0.15) is 0 Å². The fourth-order valence-electron chi connectivity index (χ4n) is 2.15. The van der Waals surface area contributed by atoms with E-state index in [2.05, 4.69) is 9.97 Å². The summed E-state index contributed by atoms with van der Waals surface area (Å²) in [5.74, 6) is -0.00393. The van der Waals surface area contributed by atoms with E-state index < -0.39 is 21.4 Å². The molecule has 1 aromatic heterocycles. The van der Waals surface area contributed by atoms with Crippen molar-refractivity contribution in [2.24, 2.45) is 0 Å². The zero-order valence-electron chi connectivity index (χ0n) is 11.4. The quantitative estimate of drug-likeness (QED) is 0.789. The van der Waals surface area contributed by atoms with Gasteiger partial charge in [-0.1, -0.05) is 18.2 Å². The second kappa shape index (κ2) is 5.00. The Morgan fingerprint density at radius 3 is 2.50 bits per heavy atom. The summed E-state index contributed by atoms with van der Waals surface area (Å²) in [7, 11) is -2.50. The fourth-order valence-corrected chi connectivity index (χ4v) is 3.08. The molecule has 0 bridgehead atoms. The van der Waals surface area contributed by atoms with Gasteiger partial charge in [0.1, 0.15) is 12.4 Å². The van der Waals surface area contributed by atoms with Crippen LogP contribution < -0.4 is 21.2 Å².